The quantitative estimate of drug-likeness (QED) is 0.227. The first kappa shape index (κ1) is 20.3. The van der Waals surface area contributed by atoms with Gasteiger partial charge in [-0.15, -0.1) is 0 Å². The second kappa shape index (κ2) is 6.84. The van der Waals surface area contributed by atoms with E-state index in [-0.39, 0.29) is 5.92 Å². The number of hydrogen-bond donors (Lipinski definition) is 0. The summed E-state index contributed by atoms with van der Waals surface area (Å²) in [6, 6.07) is 30.8. The van der Waals surface area contributed by atoms with E-state index in [1.54, 1.807) is 0 Å². The summed E-state index contributed by atoms with van der Waals surface area (Å²) < 4.78 is 0. The minimum Gasteiger partial charge on any atom is -0.0840 e. The van der Waals surface area contributed by atoms with Crippen molar-refractivity contribution in [3.05, 3.63) is 134 Å². The summed E-state index contributed by atoms with van der Waals surface area (Å²) in [5.74, 6) is 0.101. The van der Waals surface area contributed by atoms with Crippen LogP contribution in [0.3, 0.4) is 0 Å². The predicted molar refractivity (Wildman–Crippen MR) is 139 cm³/mol. The Morgan fingerprint density at radius 3 is 1.72 bits per heavy atom. The highest BCUT2D eigenvalue weighted by Gasteiger charge is 2.55. The van der Waals surface area contributed by atoms with Crippen LogP contribution in [-0.4, -0.2) is 8.07 Å². The molecule has 4 aromatic rings. The normalized spacial score (nSPS) is 20.5. The van der Waals surface area contributed by atoms with Gasteiger partial charge in [-0.25, -0.2) is 0 Å². The molecule has 7 rings (SSSR count). The van der Waals surface area contributed by atoms with Crippen molar-refractivity contribution in [2.24, 2.45) is 0 Å². The third-order valence-corrected chi connectivity index (χ3v) is 9.99. The van der Waals surface area contributed by atoms with Crippen LogP contribution in [0, 0.1) is 0 Å². The maximum Gasteiger partial charge on any atom is 0.0780 e. The molecule has 0 aromatic heterocycles. The molecule has 158 valence electrons. The van der Waals surface area contributed by atoms with Crippen LogP contribution >= 0.6 is 23.2 Å². The van der Waals surface area contributed by atoms with Crippen molar-refractivity contribution in [2.45, 2.75) is 31.0 Å². The molecule has 0 N–H and O–H groups in total. The van der Waals surface area contributed by atoms with E-state index in [1.165, 1.54) is 44.1 Å². The highest BCUT2D eigenvalue weighted by molar-refractivity contribution is 6.89. The van der Waals surface area contributed by atoms with Gasteiger partial charge in [0.2, 0.25) is 0 Å². The van der Waals surface area contributed by atoms with Gasteiger partial charge < -0.3 is 0 Å². The number of halogens is 2. The monoisotopic (exact) mass is 470 g/mol. The van der Waals surface area contributed by atoms with E-state index in [2.05, 4.69) is 92.4 Å². The van der Waals surface area contributed by atoms with Crippen molar-refractivity contribution in [3.63, 3.8) is 0 Å². The first-order chi connectivity index (χ1) is 15.4. The Hall–Kier alpha value is -2.32. The lowest BCUT2D eigenvalue weighted by Crippen LogP contribution is -2.50. The van der Waals surface area contributed by atoms with E-state index in [0.29, 0.717) is 0 Å². The Balaban J connectivity index is 1.91. The van der Waals surface area contributed by atoms with Crippen LogP contribution in [-0.2, 0) is 5.41 Å². The van der Waals surface area contributed by atoms with E-state index in [0.717, 1.165) is 10.0 Å². The van der Waals surface area contributed by atoms with Gasteiger partial charge in [0.05, 0.1) is 13.5 Å². The molecule has 32 heavy (non-hydrogen) atoms. The van der Waals surface area contributed by atoms with E-state index < -0.39 is 13.5 Å². The minimum atomic E-state index is -1.68. The van der Waals surface area contributed by atoms with Crippen LogP contribution in [0.5, 0.6) is 0 Å². The number of benzene rings is 4. The molecule has 0 radical (unpaired) electrons. The molecule has 3 heteroatoms. The number of hydrogen-bond acceptors (Lipinski definition) is 0. The van der Waals surface area contributed by atoms with Crippen LogP contribution in [0.15, 0.2) is 84.9 Å². The first-order valence-corrected chi connectivity index (χ1v) is 15.4. The third-order valence-electron chi connectivity index (χ3n) is 7.30. The van der Waals surface area contributed by atoms with E-state index in [4.69, 9.17) is 23.2 Å². The maximum absolute atomic E-state index is 7.10. The highest BCUT2D eigenvalue weighted by Crippen LogP contribution is 2.63. The van der Waals surface area contributed by atoms with Crippen molar-refractivity contribution in [2.75, 3.05) is 0 Å². The Morgan fingerprint density at radius 1 is 0.625 bits per heavy atom. The van der Waals surface area contributed by atoms with Gasteiger partial charge in [0.15, 0.2) is 0 Å². The zero-order chi connectivity index (χ0) is 22.3. The molecule has 2 bridgehead atoms. The fourth-order valence-electron chi connectivity index (χ4n) is 6.19. The zero-order valence-corrected chi connectivity index (χ0v) is 20.9. The molecule has 0 nitrogen and oxygen atoms in total. The van der Waals surface area contributed by atoms with Crippen molar-refractivity contribution >= 4 is 36.5 Å². The van der Waals surface area contributed by atoms with Gasteiger partial charge in [-0.1, -0.05) is 121 Å². The SMILES string of the molecule is C[Si](C)(C)c1ccccc1C12c3ccccc3C(c3ccccc31)c1c(Cl)ccc(Cl)c12. The molecule has 0 fully saturated rings. The lowest BCUT2D eigenvalue weighted by Gasteiger charge is -2.52. The largest absolute Gasteiger partial charge is 0.0840 e. The van der Waals surface area contributed by atoms with Crippen LogP contribution in [0.4, 0.5) is 0 Å². The molecule has 0 atom stereocenters. The highest BCUT2D eigenvalue weighted by atomic mass is 35.5. The van der Waals surface area contributed by atoms with Gasteiger partial charge in [0, 0.05) is 16.0 Å². The van der Waals surface area contributed by atoms with Crippen LogP contribution in [0.1, 0.15) is 44.9 Å². The Bertz CT molecular complexity index is 1350. The summed E-state index contributed by atoms with van der Waals surface area (Å²) >= 11 is 14.1. The molecule has 0 spiro atoms. The van der Waals surface area contributed by atoms with E-state index in [1.807, 2.05) is 12.1 Å². The fraction of sp³-hybridized carbons (Fsp3) is 0.172. The molecule has 4 aromatic carbocycles. The smallest absolute Gasteiger partial charge is 0.0780 e. The molecule has 0 saturated carbocycles. The lowest BCUT2D eigenvalue weighted by molar-refractivity contribution is 0.632. The van der Waals surface area contributed by atoms with Gasteiger partial charge in [-0.05, 0) is 51.1 Å². The topological polar surface area (TPSA) is 0 Å². The molecule has 0 aliphatic heterocycles. The Morgan fingerprint density at radius 2 is 1.12 bits per heavy atom. The average molecular weight is 472 g/mol. The maximum atomic E-state index is 7.10. The molecule has 3 aliphatic carbocycles. The van der Waals surface area contributed by atoms with Gasteiger partial charge in [0.1, 0.15) is 0 Å². The Labute approximate surface area is 200 Å². The average Bonchev–Trinajstić information content (AvgIpc) is 2.80. The summed E-state index contributed by atoms with van der Waals surface area (Å²) in [6.45, 7) is 7.28. The minimum absolute atomic E-state index is 0.101. The molecule has 0 heterocycles. The predicted octanol–water partition coefficient (Wildman–Crippen LogP) is 7.73. The van der Waals surface area contributed by atoms with Gasteiger partial charge >= 0.3 is 0 Å². The van der Waals surface area contributed by atoms with E-state index >= 15 is 0 Å². The summed E-state index contributed by atoms with van der Waals surface area (Å²) in [7, 11) is -1.68. The first-order valence-electron chi connectivity index (χ1n) is 11.1. The molecule has 0 unspecified atom stereocenters. The summed E-state index contributed by atoms with van der Waals surface area (Å²) in [5.41, 5.74) is 8.57. The molecule has 3 aliphatic rings. The Kier molecular flexibility index (Phi) is 4.34. The summed E-state index contributed by atoms with van der Waals surface area (Å²) in [4.78, 5) is 0. The van der Waals surface area contributed by atoms with E-state index in [9.17, 15) is 0 Å². The second-order valence-corrected chi connectivity index (χ2v) is 15.8. The van der Waals surface area contributed by atoms with Crippen LogP contribution in [0.2, 0.25) is 29.7 Å². The van der Waals surface area contributed by atoms with Crippen LogP contribution in [0.25, 0.3) is 0 Å². The second-order valence-electron chi connectivity index (χ2n) is 9.97. The summed E-state index contributed by atoms with van der Waals surface area (Å²) in [5, 5.41) is 3.06. The lowest BCUT2D eigenvalue weighted by atomic mass is 9.51. The zero-order valence-electron chi connectivity index (χ0n) is 18.4. The molecular formula is C29H24Cl2Si. The molecular weight excluding hydrogens is 447 g/mol. The van der Waals surface area contributed by atoms with Gasteiger partial charge in [-0.3, -0.25) is 0 Å². The fourth-order valence-corrected chi connectivity index (χ4v) is 8.44. The summed E-state index contributed by atoms with van der Waals surface area (Å²) in [6.07, 6.45) is 0. The van der Waals surface area contributed by atoms with Crippen molar-refractivity contribution in [1.29, 1.82) is 0 Å². The van der Waals surface area contributed by atoms with Gasteiger partial charge in [0.25, 0.3) is 0 Å². The number of rotatable bonds is 2. The molecule has 0 saturated heterocycles. The molecule has 0 amide bonds. The van der Waals surface area contributed by atoms with Crippen molar-refractivity contribution < 1.29 is 0 Å². The third kappa shape index (κ3) is 2.45. The van der Waals surface area contributed by atoms with Crippen LogP contribution < -0.4 is 5.19 Å². The van der Waals surface area contributed by atoms with Crippen molar-refractivity contribution in [1.82, 2.24) is 0 Å². The van der Waals surface area contributed by atoms with Crippen molar-refractivity contribution in [3.8, 4) is 0 Å². The van der Waals surface area contributed by atoms with Gasteiger partial charge in [-0.2, -0.15) is 0 Å². The standard InChI is InChI=1S/C29H24Cl2Si/c1-32(2,3)25-15-9-8-14-22(25)29-20-12-6-4-10-18(20)26(19-11-5-7-13-21(19)29)27-23(30)16-17-24(31)28(27)29/h4-17,26H,1-3H3.